The maximum atomic E-state index is 12.6. The lowest BCUT2D eigenvalue weighted by atomic mass is 10.0. The number of hydrogen-bond acceptors (Lipinski definition) is 3. The van der Waals surface area contributed by atoms with Crippen LogP contribution in [0.15, 0.2) is 35.5 Å². The Morgan fingerprint density at radius 2 is 1.65 bits per heavy atom. The third-order valence-corrected chi connectivity index (χ3v) is 5.01. The zero-order chi connectivity index (χ0) is 14.9. The van der Waals surface area contributed by atoms with E-state index < -0.39 is 10.0 Å². The van der Waals surface area contributed by atoms with Crippen molar-refractivity contribution < 1.29 is 8.42 Å². The molecule has 2 aromatic rings. The first kappa shape index (κ1) is 14.5. The van der Waals surface area contributed by atoms with Crippen LogP contribution in [0, 0.1) is 27.7 Å². The molecule has 0 radical (unpaired) electrons. The summed E-state index contributed by atoms with van der Waals surface area (Å²) in [6.45, 7) is 7.44. The van der Waals surface area contributed by atoms with Crippen LogP contribution < -0.4 is 0 Å². The fourth-order valence-electron chi connectivity index (χ4n) is 2.16. The van der Waals surface area contributed by atoms with E-state index in [0.29, 0.717) is 10.6 Å². The molecule has 1 aromatic carbocycles. The molecular formula is C15H17N2O2S-. The lowest BCUT2D eigenvalue weighted by Crippen LogP contribution is -2.06. The van der Waals surface area contributed by atoms with E-state index in [4.69, 9.17) is 0 Å². The van der Waals surface area contributed by atoms with Gasteiger partial charge in [0.1, 0.15) is 10.0 Å². The van der Waals surface area contributed by atoms with Crippen LogP contribution in [0.1, 0.15) is 22.3 Å². The summed E-state index contributed by atoms with van der Waals surface area (Å²) in [6, 6.07) is 5.28. The van der Waals surface area contributed by atoms with Crippen LogP contribution in [0.3, 0.4) is 0 Å². The highest BCUT2D eigenvalue weighted by Crippen LogP contribution is 2.33. The van der Waals surface area contributed by atoms with E-state index in [1.165, 1.54) is 6.20 Å². The van der Waals surface area contributed by atoms with Crippen molar-refractivity contribution in [1.82, 2.24) is 4.98 Å². The van der Waals surface area contributed by atoms with Crippen LogP contribution in [0.25, 0.3) is 4.72 Å². The van der Waals surface area contributed by atoms with Crippen molar-refractivity contribution >= 4 is 15.7 Å². The van der Waals surface area contributed by atoms with Gasteiger partial charge < -0.3 is 4.72 Å². The van der Waals surface area contributed by atoms with E-state index in [9.17, 15) is 8.42 Å². The second-order valence-electron chi connectivity index (χ2n) is 4.87. The average Bonchev–Trinajstić information content (AvgIpc) is 2.37. The predicted molar refractivity (Wildman–Crippen MR) is 79.8 cm³/mol. The van der Waals surface area contributed by atoms with Gasteiger partial charge in [-0.3, -0.25) is 4.98 Å². The predicted octanol–water partition coefficient (Wildman–Crippen LogP) is 3.71. The van der Waals surface area contributed by atoms with Crippen molar-refractivity contribution in [3.63, 3.8) is 0 Å². The highest BCUT2D eigenvalue weighted by atomic mass is 32.2. The molecule has 0 aliphatic rings. The van der Waals surface area contributed by atoms with E-state index in [2.05, 4.69) is 9.71 Å². The van der Waals surface area contributed by atoms with Crippen LogP contribution in [-0.4, -0.2) is 13.4 Å². The molecule has 0 aliphatic heterocycles. The van der Waals surface area contributed by atoms with Gasteiger partial charge in [0.25, 0.3) is 0 Å². The van der Waals surface area contributed by atoms with E-state index in [1.807, 2.05) is 33.8 Å². The van der Waals surface area contributed by atoms with Gasteiger partial charge in [-0.05, 0) is 56.0 Å². The molecule has 0 N–H and O–H groups in total. The summed E-state index contributed by atoms with van der Waals surface area (Å²) in [6.07, 6.45) is 3.02. The lowest BCUT2D eigenvalue weighted by molar-refractivity contribution is 0.602. The molecule has 0 amide bonds. The minimum Gasteiger partial charge on any atom is -0.571 e. The Morgan fingerprint density at radius 3 is 2.15 bits per heavy atom. The summed E-state index contributed by atoms with van der Waals surface area (Å²) in [7, 11) is -3.73. The number of pyridine rings is 1. The Bertz CT molecular complexity index is 712. The Hall–Kier alpha value is -1.88. The largest absolute Gasteiger partial charge is 0.571 e. The Morgan fingerprint density at radius 1 is 1.05 bits per heavy atom. The molecule has 4 nitrogen and oxygen atoms in total. The molecule has 0 bridgehead atoms. The first-order valence-electron chi connectivity index (χ1n) is 6.28. The molecule has 20 heavy (non-hydrogen) atoms. The van der Waals surface area contributed by atoms with E-state index in [0.717, 1.165) is 22.3 Å². The van der Waals surface area contributed by atoms with Crippen molar-refractivity contribution in [2.24, 2.45) is 0 Å². The Kier molecular flexibility index (Phi) is 3.81. The van der Waals surface area contributed by atoms with E-state index in [1.54, 1.807) is 18.3 Å². The van der Waals surface area contributed by atoms with Gasteiger partial charge in [-0.15, -0.1) is 5.69 Å². The number of benzene rings is 1. The van der Waals surface area contributed by atoms with Crippen LogP contribution in [-0.2, 0) is 10.0 Å². The first-order valence-corrected chi connectivity index (χ1v) is 7.72. The van der Waals surface area contributed by atoms with Gasteiger partial charge in [-0.1, -0.05) is 12.1 Å². The number of sulfonamides is 1. The Balaban J connectivity index is 2.56. The molecule has 1 aromatic heterocycles. The zero-order valence-electron chi connectivity index (χ0n) is 12.0. The fraction of sp³-hybridized carbons (Fsp3) is 0.267. The summed E-state index contributed by atoms with van der Waals surface area (Å²) in [5, 5.41) is 0. The number of hydrogen-bond donors (Lipinski definition) is 0. The summed E-state index contributed by atoms with van der Waals surface area (Å²) in [5.74, 6) is 0. The average molecular weight is 289 g/mol. The molecule has 1 heterocycles. The number of aromatic nitrogens is 1. The number of rotatable bonds is 3. The molecule has 2 rings (SSSR count). The normalized spacial score (nSPS) is 11.4. The fourth-order valence-corrected chi connectivity index (χ4v) is 3.73. The highest BCUT2D eigenvalue weighted by Gasteiger charge is 2.15. The molecule has 0 fully saturated rings. The van der Waals surface area contributed by atoms with Crippen molar-refractivity contribution in [1.29, 1.82) is 0 Å². The maximum absolute atomic E-state index is 12.6. The van der Waals surface area contributed by atoms with Gasteiger partial charge in [0.2, 0.25) is 0 Å². The molecule has 0 saturated heterocycles. The molecule has 0 spiro atoms. The maximum Gasteiger partial charge on any atom is 0.123 e. The second-order valence-corrected chi connectivity index (χ2v) is 6.41. The summed E-state index contributed by atoms with van der Waals surface area (Å²) >= 11 is 0. The van der Waals surface area contributed by atoms with Crippen LogP contribution >= 0.6 is 0 Å². The zero-order valence-corrected chi connectivity index (χ0v) is 12.8. The summed E-state index contributed by atoms with van der Waals surface area (Å²) in [4.78, 5) is 4.19. The van der Waals surface area contributed by atoms with Crippen molar-refractivity contribution in [3.05, 3.63) is 57.6 Å². The van der Waals surface area contributed by atoms with Crippen molar-refractivity contribution in [2.45, 2.75) is 32.6 Å². The number of aryl methyl sites for hydroxylation is 2. The third kappa shape index (κ3) is 2.67. The standard InChI is InChI=1S/C15H17N2O2S/c1-10-8-11(2)13(4)15(12(10)3)20(18,19)17-14-6-5-7-16-9-14/h5-9H,1-4H3/q-1. The highest BCUT2D eigenvalue weighted by molar-refractivity contribution is 7.94. The van der Waals surface area contributed by atoms with Gasteiger partial charge in [-0.2, -0.15) is 0 Å². The quantitative estimate of drug-likeness (QED) is 0.865. The first-order chi connectivity index (χ1) is 9.33. The van der Waals surface area contributed by atoms with Gasteiger partial charge >= 0.3 is 0 Å². The molecule has 0 aliphatic carbocycles. The lowest BCUT2D eigenvalue weighted by Gasteiger charge is -2.25. The molecule has 106 valence electrons. The molecule has 0 saturated carbocycles. The minimum atomic E-state index is -3.73. The van der Waals surface area contributed by atoms with Crippen molar-refractivity contribution in [2.75, 3.05) is 0 Å². The van der Waals surface area contributed by atoms with Gasteiger partial charge in [0, 0.05) is 12.4 Å². The van der Waals surface area contributed by atoms with E-state index >= 15 is 0 Å². The van der Waals surface area contributed by atoms with Gasteiger partial charge in [0.15, 0.2) is 0 Å². The monoisotopic (exact) mass is 289 g/mol. The van der Waals surface area contributed by atoms with Gasteiger partial charge in [-0.25, -0.2) is 8.42 Å². The van der Waals surface area contributed by atoms with Crippen LogP contribution in [0.4, 0.5) is 5.69 Å². The summed E-state index contributed by atoms with van der Waals surface area (Å²) < 4.78 is 29.0. The smallest absolute Gasteiger partial charge is 0.123 e. The van der Waals surface area contributed by atoms with Crippen LogP contribution in [0.5, 0.6) is 0 Å². The third-order valence-electron chi connectivity index (χ3n) is 3.43. The molecular weight excluding hydrogens is 272 g/mol. The Labute approximate surface area is 119 Å². The topological polar surface area (TPSA) is 61.1 Å². The number of nitrogens with zero attached hydrogens (tertiary/aromatic N) is 2. The van der Waals surface area contributed by atoms with Crippen LogP contribution in [0.2, 0.25) is 0 Å². The van der Waals surface area contributed by atoms with Gasteiger partial charge in [0.05, 0.1) is 4.90 Å². The summed E-state index contributed by atoms with van der Waals surface area (Å²) in [5.41, 5.74) is 3.74. The molecule has 5 heteroatoms. The second kappa shape index (κ2) is 5.25. The minimum absolute atomic E-state index is 0.304. The molecule has 0 atom stereocenters. The molecule has 0 unspecified atom stereocenters. The SMILES string of the molecule is Cc1cc(C)c(C)c(S(=O)(=O)[N-]c2cccnc2)c1C. The van der Waals surface area contributed by atoms with E-state index in [-0.39, 0.29) is 0 Å². The van der Waals surface area contributed by atoms with Crippen molar-refractivity contribution in [3.8, 4) is 0 Å².